The molecule has 1 N–H and O–H groups in total. The van der Waals surface area contributed by atoms with Crippen molar-refractivity contribution in [3.63, 3.8) is 0 Å². The zero-order valence-corrected chi connectivity index (χ0v) is 14.1. The average molecular weight is 328 g/mol. The second-order valence-corrected chi connectivity index (χ2v) is 6.07. The summed E-state index contributed by atoms with van der Waals surface area (Å²) in [6.45, 7) is 8.50. The molecule has 0 aliphatic heterocycles. The van der Waals surface area contributed by atoms with Gasteiger partial charge in [-0.25, -0.2) is 9.78 Å². The number of nitrogens with one attached hydrogen (secondary N) is 1. The highest BCUT2D eigenvalue weighted by molar-refractivity contribution is 6.29. The number of aromatic nitrogens is 1. The molecule has 0 saturated carbocycles. The highest BCUT2D eigenvalue weighted by Crippen LogP contribution is 2.10. The van der Waals surface area contributed by atoms with E-state index in [0.717, 1.165) is 0 Å². The van der Waals surface area contributed by atoms with Crippen LogP contribution in [0.2, 0.25) is 5.15 Å². The quantitative estimate of drug-likeness (QED) is 0.844. The molecule has 0 saturated heterocycles. The number of carbonyl (C=O) groups is 2. The van der Waals surface area contributed by atoms with Crippen LogP contribution in [0.5, 0.6) is 0 Å². The number of likely N-dealkylation sites (N-methyl/N-ethyl adjacent to an activating group) is 1. The maximum atomic E-state index is 11.9. The van der Waals surface area contributed by atoms with E-state index in [4.69, 9.17) is 16.3 Å². The molecule has 7 heteroatoms. The largest absolute Gasteiger partial charge is 0.444 e. The van der Waals surface area contributed by atoms with Gasteiger partial charge in [-0.2, -0.15) is 0 Å². The summed E-state index contributed by atoms with van der Waals surface area (Å²) in [5.74, 6) is -0.260. The minimum Gasteiger partial charge on any atom is -0.444 e. The van der Waals surface area contributed by atoms with Gasteiger partial charge in [-0.15, -0.1) is 0 Å². The third-order valence-electron chi connectivity index (χ3n) is 2.69. The van der Waals surface area contributed by atoms with Crippen LogP contribution in [-0.2, 0) is 4.74 Å². The molecule has 0 radical (unpaired) electrons. The molecule has 6 nitrogen and oxygen atoms in total. The summed E-state index contributed by atoms with van der Waals surface area (Å²) >= 11 is 5.74. The van der Waals surface area contributed by atoms with Gasteiger partial charge in [-0.3, -0.25) is 4.79 Å². The maximum absolute atomic E-state index is 11.9. The van der Waals surface area contributed by atoms with Gasteiger partial charge in [0.2, 0.25) is 0 Å². The zero-order chi connectivity index (χ0) is 16.8. The van der Waals surface area contributed by atoms with Gasteiger partial charge in [0.25, 0.3) is 5.91 Å². The van der Waals surface area contributed by atoms with E-state index >= 15 is 0 Å². The van der Waals surface area contributed by atoms with Crippen LogP contribution in [0, 0.1) is 0 Å². The summed E-state index contributed by atoms with van der Waals surface area (Å²) < 4.78 is 5.30. The molecule has 0 unspecified atom stereocenters. The monoisotopic (exact) mass is 327 g/mol. The van der Waals surface area contributed by atoms with Crippen LogP contribution < -0.4 is 5.32 Å². The molecular formula is C15H22ClN3O3. The Morgan fingerprint density at radius 2 is 2.09 bits per heavy atom. The minimum atomic E-state index is -0.540. The maximum Gasteiger partial charge on any atom is 0.410 e. The Balaban J connectivity index is 2.47. The molecule has 1 heterocycles. The first kappa shape index (κ1) is 18.2. The van der Waals surface area contributed by atoms with Crippen LogP contribution >= 0.6 is 11.6 Å². The van der Waals surface area contributed by atoms with E-state index in [0.29, 0.717) is 25.2 Å². The number of pyridine rings is 1. The van der Waals surface area contributed by atoms with Crippen molar-refractivity contribution in [2.45, 2.75) is 33.3 Å². The predicted molar refractivity (Wildman–Crippen MR) is 85.1 cm³/mol. The second-order valence-electron chi connectivity index (χ2n) is 5.68. The van der Waals surface area contributed by atoms with E-state index in [9.17, 15) is 9.59 Å². The van der Waals surface area contributed by atoms with Gasteiger partial charge in [0, 0.05) is 31.4 Å². The molecule has 0 bridgehead atoms. The SMILES string of the molecule is CCN(CCNC(=O)c1ccnc(Cl)c1)C(=O)OC(C)(C)C. The number of ether oxygens (including phenoxy) is 1. The Kier molecular flexibility index (Phi) is 6.61. The summed E-state index contributed by atoms with van der Waals surface area (Å²) in [4.78, 5) is 29.2. The van der Waals surface area contributed by atoms with Gasteiger partial charge in [0.1, 0.15) is 10.8 Å². The first-order chi connectivity index (χ1) is 10.2. The van der Waals surface area contributed by atoms with Crippen molar-refractivity contribution in [2.24, 2.45) is 0 Å². The number of rotatable bonds is 5. The third-order valence-corrected chi connectivity index (χ3v) is 2.90. The third kappa shape index (κ3) is 6.30. The number of amides is 2. The van der Waals surface area contributed by atoms with Crippen molar-refractivity contribution < 1.29 is 14.3 Å². The number of carbonyl (C=O) groups excluding carboxylic acids is 2. The second kappa shape index (κ2) is 7.98. The highest BCUT2D eigenvalue weighted by Gasteiger charge is 2.20. The molecule has 2 amide bonds. The Labute approximate surface area is 135 Å². The van der Waals surface area contributed by atoms with Crippen LogP contribution in [0.15, 0.2) is 18.3 Å². The van der Waals surface area contributed by atoms with Gasteiger partial charge < -0.3 is 15.0 Å². The molecule has 122 valence electrons. The van der Waals surface area contributed by atoms with Crippen molar-refractivity contribution in [1.29, 1.82) is 0 Å². The van der Waals surface area contributed by atoms with Crippen molar-refractivity contribution in [3.8, 4) is 0 Å². The fourth-order valence-electron chi connectivity index (χ4n) is 1.66. The lowest BCUT2D eigenvalue weighted by Gasteiger charge is -2.26. The van der Waals surface area contributed by atoms with Crippen molar-refractivity contribution >= 4 is 23.6 Å². The van der Waals surface area contributed by atoms with Crippen molar-refractivity contribution in [2.75, 3.05) is 19.6 Å². The summed E-state index contributed by atoms with van der Waals surface area (Å²) in [6.07, 6.45) is 1.08. The Hall–Kier alpha value is -1.82. The topological polar surface area (TPSA) is 71.5 Å². The van der Waals surface area contributed by atoms with Gasteiger partial charge in [-0.1, -0.05) is 11.6 Å². The fourth-order valence-corrected chi connectivity index (χ4v) is 1.83. The lowest BCUT2D eigenvalue weighted by atomic mass is 10.2. The first-order valence-electron chi connectivity index (χ1n) is 7.10. The lowest BCUT2D eigenvalue weighted by Crippen LogP contribution is -2.41. The molecule has 0 atom stereocenters. The summed E-state index contributed by atoms with van der Waals surface area (Å²) in [5, 5.41) is 2.99. The Morgan fingerprint density at radius 1 is 1.41 bits per heavy atom. The highest BCUT2D eigenvalue weighted by atomic mass is 35.5. The minimum absolute atomic E-state index is 0.260. The molecule has 22 heavy (non-hydrogen) atoms. The van der Waals surface area contributed by atoms with Crippen molar-refractivity contribution in [3.05, 3.63) is 29.0 Å². The van der Waals surface area contributed by atoms with Crippen molar-refractivity contribution in [1.82, 2.24) is 15.2 Å². The van der Waals surface area contributed by atoms with Crippen LogP contribution in [0.4, 0.5) is 4.79 Å². The van der Waals surface area contributed by atoms with Crippen LogP contribution in [0.1, 0.15) is 38.1 Å². The normalized spacial score (nSPS) is 11.0. The number of hydrogen-bond donors (Lipinski definition) is 1. The lowest BCUT2D eigenvalue weighted by molar-refractivity contribution is 0.0261. The van der Waals surface area contributed by atoms with Gasteiger partial charge in [0.05, 0.1) is 0 Å². The molecule has 1 aromatic heterocycles. The van der Waals surface area contributed by atoms with E-state index in [1.54, 1.807) is 6.07 Å². The van der Waals surface area contributed by atoms with E-state index in [-0.39, 0.29) is 11.1 Å². The molecule has 0 aliphatic rings. The van der Waals surface area contributed by atoms with Gasteiger partial charge in [0.15, 0.2) is 0 Å². The van der Waals surface area contributed by atoms with Crippen LogP contribution in [-0.4, -0.2) is 47.1 Å². The van der Waals surface area contributed by atoms with Crippen LogP contribution in [0.3, 0.4) is 0 Å². The summed E-state index contributed by atoms with van der Waals surface area (Å²) in [5.41, 5.74) is -0.109. The van der Waals surface area contributed by atoms with E-state index in [1.165, 1.54) is 17.2 Å². The smallest absolute Gasteiger partial charge is 0.410 e. The van der Waals surface area contributed by atoms with Gasteiger partial charge >= 0.3 is 6.09 Å². The molecular weight excluding hydrogens is 306 g/mol. The van der Waals surface area contributed by atoms with Gasteiger partial charge in [-0.05, 0) is 39.8 Å². The van der Waals surface area contributed by atoms with E-state index in [2.05, 4.69) is 10.3 Å². The first-order valence-corrected chi connectivity index (χ1v) is 7.48. The van der Waals surface area contributed by atoms with Crippen LogP contribution in [0.25, 0.3) is 0 Å². The molecule has 0 aromatic carbocycles. The number of nitrogens with zero attached hydrogens (tertiary/aromatic N) is 2. The molecule has 0 spiro atoms. The molecule has 0 aliphatic carbocycles. The Bertz CT molecular complexity index is 529. The molecule has 0 fully saturated rings. The molecule has 1 rings (SSSR count). The summed E-state index contributed by atoms with van der Waals surface area (Å²) in [6, 6.07) is 3.06. The van der Waals surface area contributed by atoms with E-state index < -0.39 is 11.7 Å². The fraction of sp³-hybridized carbons (Fsp3) is 0.533. The Morgan fingerprint density at radius 3 is 2.64 bits per heavy atom. The average Bonchev–Trinajstić information content (AvgIpc) is 2.41. The number of hydrogen-bond acceptors (Lipinski definition) is 4. The standard InChI is InChI=1S/C15H22ClN3O3/c1-5-19(14(21)22-15(2,3)4)9-8-18-13(20)11-6-7-17-12(16)10-11/h6-7,10H,5,8-9H2,1-4H3,(H,18,20). The zero-order valence-electron chi connectivity index (χ0n) is 13.4. The molecule has 1 aromatic rings. The predicted octanol–water partition coefficient (Wildman–Crippen LogP) is 2.72. The van der Waals surface area contributed by atoms with E-state index in [1.807, 2.05) is 27.7 Å². The summed E-state index contributed by atoms with van der Waals surface area (Å²) in [7, 11) is 0. The number of halogens is 1.